The van der Waals surface area contributed by atoms with Gasteiger partial charge in [-0.3, -0.25) is 23.7 Å². The van der Waals surface area contributed by atoms with Crippen LogP contribution in [-0.2, 0) is 11.2 Å². The van der Waals surface area contributed by atoms with Gasteiger partial charge in [-0.1, -0.05) is 30.0 Å². The summed E-state index contributed by atoms with van der Waals surface area (Å²) in [4.78, 5) is 50.1. The first kappa shape index (κ1) is 17.7. The number of para-hydroxylation sites is 1. The van der Waals surface area contributed by atoms with Crippen LogP contribution in [-0.4, -0.2) is 33.2 Å². The van der Waals surface area contributed by atoms with Crippen molar-refractivity contribution in [2.75, 3.05) is 5.75 Å². The lowest BCUT2D eigenvalue weighted by Crippen LogP contribution is -2.41. The summed E-state index contributed by atoms with van der Waals surface area (Å²) in [5.74, 6) is -0.0186. The third-order valence-corrected chi connectivity index (χ3v) is 5.93. The molecule has 0 radical (unpaired) electrons. The van der Waals surface area contributed by atoms with Crippen LogP contribution >= 0.6 is 11.8 Å². The van der Waals surface area contributed by atoms with Gasteiger partial charge in [0.15, 0.2) is 5.78 Å². The van der Waals surface area contributed by atoms with Crippen molar-refractivity contribution >= 4 is 28.6 Å². The van der Waals surface area contributed by atoms with Crippen LogP contribution in [0.15, 0.2) is 41.2 Å². The van der Waals surface area contributed by atoms with Gasteiger partial charge in [0.2, 0.25) is 5.12 Å². The first-order valence-corrected chi connectivity index (χ1v) is 9.90. The number of rotatable bonds is 3. The molecule has 7 heteroatoms. The number of hydrogen-bond acceptors (Lipinski definition) is 5. The van der Waals surface area contributed by atoms with E-state index in [1.807, 2.05) is 6.07 Å². The second-order valence-corrected chi connectivity index (χ2v) is 7.75. The maximum Gasteiger partial charge on any atom is 0.268 e. The Kier molecular flexibility index (Phi) is 4.70. The first-order valence-electron chi connectivity index (χ1n) is 8.91. The number of benzene rings is 1. The van der Waals surface area contributed by atoms with Crippen LogP contribution in [0.2, 0.25) is 0 Å². The minimum atomic E-state index is -0.605. The molecule has 1 aliphatic carbocycles. The minimum Gasteiger partial charge on any atom is -0.341 e. The smallest absolute Gasteiger partial charge is 0.268 e. The van der Waals surface area contributed by atoms with E-state index in [4.69, 9.17) is 0 Å². The summed E-state index contributed by atoms with van der Waals surface area (Å²) < 4.78 is 1.46. The molecule has 1 aromatic heterocycles. The first-order chi connectivity index (χ1) is 13.1. The number of thioether (sulfide) groups is 1. The molecule has 1 aromatic carbocycles. The van der Waals surface area contributed by atoms with Gasteiger partial charge in [-0.05, 0) is 37.5 Å². The summed E-state index contributed by atoms with van der Waals surface area (Å²) in [6.07, 6.45) is 2.23. The van der Waals surface area contributed by atoms with Crippen molar-refractivity contribution in [1.82, 2.24) is 9.88 Å². The molecule has 2 heterocycles. The summed E-state index contributed by atoms with van der Waals surface area (Å²) in [6.45, 7) is 0. The number of aromatic nitrogens is 1. The van der Waals surface area contributed by atoms with E-state index in [1.165, 1.54) is 22.4 Å². The highest BCUT2D eigenvalue weighted by Gasteiger charge is 2.30. The number of amides is 1. The summed E-state index contributed by atoms with van der Waals surface area (Å²) in [5, 5.41) is 2.56. The minimum absolute atomic E-state index is 0.0671. The molecule has 138 valence electrons. The van der Waals surface area contributed by atoms with Crippen molar-refractivity contribution in [3.05, 3.63) is 63.6 Å². The largest absolute Gasteiger partial charge is 0.341 e. The number of fused-ring (bicyclic) bond motifs is 1. The maximum absolute atomic E-state index is 13.1. The number of carbonyl (C=O) groups excluding carboxylic acids is 3. The number of ketones is 1. The average molecular weight is 382 g/mol. The zero-order chi connectivity index (χ0) is 19.0. The highest BCUT2D eigenvalue weighted by molar-refractivity contribution is 8.14. The van der Waals surface area contributed by atoms with Crippen LogP contribution < -0.4 is 10.9 Å². The summed E-state index contributed by atoms with van der Waals surface area (Å²) in [7, 11) is 0. The molecule has 1 amide bonds. The standard InChI is InChI=1S/C20H18N2O4S/c23-17-8-4-7-16-13(17)11-14(18(24)21-15-9-10-27-20(15)26)19(25)22(16)12-5-2-1-3-6-12/h1-3,5-6,11,15H,4,7-10H2,(H,21,24)/t15-/m0/s1. The quantitative estimate of drug-likeness (QED) is 0.879. The average Bonchev–Trinajstić information content (AvgIpc) is 3.07. The molecule has 1 saturated heterocycles. The third-order valence-electron chi connectivity index (χ3n) is 4.92. The lowest BCUT2D eigenvalue weighted by Gasteiger charge is -2.22. The molecular weight excluding hydrogens is 364 g/mol. The molecule has 1 fully saturated rings. The van der Waals surface area contributed by atoms with Gasteiger partial charge in [-0.15, -0.1) is 0 Å². The number of pyridine rings is 1. The lowest BCUT2D eigenvalue weighted by atomic mass is 9.92. The van der Waals surface area contributed by atoms with Crippen LogP contribution in [0.4, 0.5) is 0 Å². The highest BCUT2D eigenvalue weighted by Crippen LogP contribution is 2.24. The van der Waals surface area contributed by atoms with Crippen molar-refractivity contribution in [1.29, 1.82) is 0 Å². The summed E-state index contributed by atoms with van der Waals surface area (Å²) >= 11 is 1.18. The number of hydrogen-bond donors (Lipinski definition) is 1. The molecule has 1 N–H and O–H groups in total. The fraction of sp³-hybridized carbons (Fsp3) is 0.300. The van der Waals surface area contributed by atoms with Gasteiger partial charge in [-0.25, -0.2) is 0 Å². The Morgan fingerprint density at radius 2 is 1.89 bits per heavy atom. The molecule has 1 atom stereocenters. The topological polar surface area (TPSA) is 85.2 Å². The van der Waals surface area contributed by atoms with Crippen molar-refractivity contribution in [2.45, 2.75) is 31.7 Å². The third kappa shape index (κ3) is 3.23. The van der Waals surface area contributed by atoms with Crippen molar-refractivity contribution in [2.24, 2.45) is 0 Å². The Labute approximate surface area is 160 Å². The normalized spacial score (nSPS) is 19.0. The van der Waals surface area contributed by atoms with E-state index in [1.54, 1.807) is 24.3 Å². The van der Waals surface area contributed by atoms with Gasteiger partial charge in [0, 0.05) is 29.1 Å². The van der Waals surface area contributed by atoms with Crippen LogP contribution in [0, 0.1) is 0 Å². The Morgan fingerprint density at radius 1 is 1.11 bits per heavy atom. The fourth-order valence-electron chi connectivity index (χ4n) is 3.57. The van der Waals surface area contributed by atoms with Crippen LogP contribution in [0.5, 0.6) is 0 Å². The summed E-state index contributed by atoms with van der Waals surface area (Å²) in [5.41, 5.74) is 1.12. The van der Waals surface area contributed by atoms with E-state index in [0.29, 0.717) is 48.4 Å². The van der Waals surface area contributed by atoms with Gasteiger partial charge >= 0.3 is 0 Å². The van der Waals surface area contributed by atoms with Gasteiger partial charge in [0.05, 0.1) is 6.04 Å². The van der Waals surface area contributed by atoms with E-state index < -0.39 is 17.5 Å². The SMILES string of the molecule is O=C1CCCc2c1cc(C(=O)N[C@H]1CCSC1=O)c(=O)n2-c1ccccc1. The maximum atomic E-state index is 13.1. The van der Waals surface area contributed by atoms with Crippen LogP contribution in [0.25, 0.3) is 5.69 Å². The molecular formula is C20H18N2O4S. The van der Waals surface area contributed by atoms with Gasteiger partial charge < -0.3 is 5.32 Å². The zero-order valence-corrected chi connectivity index (χ0v) is 15.4. The van der Waals surface area contributed by atoms with Gasteiger partial charge in [0.1, 0.15) is 5.56 Å². The number of carbonyl (C=O) groups is 3. The predicted octanol–water partition coefficient (Wildman–Crippen LogP) is 2.12. The van der Waals surface area contributed by atoms with E-state index in [9.17, 15) is 19.2 Å². The number of nitrogens with zero attached hydrogens (tertiary/aromatic N) is 1. The molecule has 0 unspecified atom stereocenters. The molecule has 27 heavy (non-hydrogen) atoms. The zero-order valence-electron chi connectivity index (χ0n) is 14.6. The lowest BCUT2D eigenvalue weighted by molar-refractivity contribution is -0.112. The molecule has 2 aromatic rings. The molecule has 0 saturated carbocycles. The van der Waals surface area contributed by atoms with Crippen molar-refractivity contribution < 1.29 is 14.4 Å². The predicted molar refractivity (Wildman–Crippen MR) is 103 cm³/mol. The second kappa shape index (κ2) is 7.15. The number of nitrogens with one attached hydrogen (secondary N) is 1. The Balaban J connectivity index is 1.84. The Hall–Kier alpha value is -2.67. The Morgan fingerprint density at radius 3 is 2.59 bits per heavy atom. The molecule has 6 nitrogen and oxygen atoms in total. The van der Waals surface area contributed by atoms with Crippen LogP contribution in [0.1, 0.15) is 45.7 Å². The van der Waals surface area contributed by atoms with E-state index >= 15 is 0 Å². The summed E-state index contributed by atoms with van der Waals surface area (Å²) in [6, 6.07) is 9.82. The monoisotopic (exact) mass is 382 g/mol. The molecule has 0 bridgehead atoms. The van der Waals surface area contributed by atoms with E-state index in [0.717, 1.165) is 0 Å². The molecule has 2 aliphatic rings. The van der Waals surface area contributed by atoms with Gasteiger partial charge in [0.25, 0.3) is 11.5 Å². The fourth-order valence-corrected chi connectivity index (χ4v) is 4.50. The van der Waals surface area contributed by atoms with Gasteiger partial charge in [-0.2, -0.15) is 0 Å². The number of Topliss-reactive ketones (excluding diaryl/α,β-unsaturated/α-hetero) is 1. The van der Waals surface area contributed by atoms with Crippen LogP contribution in [0.3, 0.4) is 0 Å². The Bertz CT molecular complexity index is 997. The van der Waals surface area contributed by atoms with E-state index in [2.05, 4.69) is 5.32 Å². The van der Waals surface area contributed by atoms with E-state index in [-0.39, 0.29) is 16.5 Å². The van der Waals surface area contributed by atoms with Crippen molar-refractivity contribution in [3.8, 4) is 5.69 Å². The molecule has 1 aliphatic heterocycles. The molecule has 4 rings (SSSR count). The second-order valence-electron chi connectivity index (χ2n) is 6.65. The highest BCUT2D eigenvalue weighted by atomic mass is 32.2. The van der Waals surface area contributed by atoms with Crippen molar-refractivity contribution in [3.63, 3.8) is 0 Å². The molecule has 0 spiro atoms.